The van der Waals surface area contributed by atoms with Crippen molar-refractivity contribution in [2.24, 2.45) is 5.73 Å². The van der Waals surface area contributed by atoms with Crippen LogP contribution in [0.1, 0.15) is 18.5 Å². The van der Waals surface area contributed by atoms with E-state index in [1.807, 2.05) is 0 Å². The molecule has 6 heteroatoms. The molecule has 3 N–H and O–H groups in total. The second-order valence-electron chi connectivity index (χ2n) is 4.05. The molecule has 1 aromatic rings. The van der Waals surface area contributed by atoms with Gasteiger partial charge in [-0.05, 0) is 33.5 Å². The molecule has 5 nitrogen and oxygen atoms in total. The third-order valence-corrected chi connectivity index (χ3v) is 2.45. The number of nitrogens with zero attached hydrogens (tertiary/aromatic N) is 3. The molecular weight excluding hydrogens is 234 g/mol. The van der Waals surface area contributed by atoms with Crippen LogP contribution < -0.4 is 11.1 Å². The van der Waals surface area contributed by atoms with Crippen molar-refractivity contribution in [1.29, 1.82) is 0 Å². The highest BCUT2D eigenvalue weighted by Crippen LogP contribution is 2.07. The number of aromatic nitrogens is 2. The molecule has 0 saturated heterocycles. The molecule has 1 rings (SSSR count). The minimum Gasteiger partial charge on any atom is -0.388 e. The zero-order valence-corrected chi connectivity index (χ0v) is 11.1. The summed E-state index contributed by atoms with van der Waals surface area (Å²) in [5.41, 5.74) is 6.13. The van der Waals surface area contributed by atoms with Crippen LogP contribution >= 0.6 is 12.2 Å². The van der Waals surface area contributed by atoms with E-state index in [-0.39, 0.29) is 4.99 Å². The predicted molar refractivity (Wildman–Crippen MR) is 74.2 cm³/mol. The number of anilines is 1. The first-order valence-electron chi connectivity index (χ1n) is 5.60. The van der Waals surface area contributed by atoms with Crippen molar-refractivity contribution in [3.8, 4) is 0 Å². The predicted octanol–water partition coefficient (Wildman–Crippen LogP) is 0.864. The van der Waals surface area contributed by atoms with Crippen LogP contribution in [0.15, 0.2) is 12.4 Å². The van der Waals surface area contributed by atoms with Gasteiger partial charge in [-0.3, -0.25) is 0 Å². The third-order valence-electron chi connectivity index (χ3n) is 2.26. The van der Waals surface area contributed by atoms with Gasteiger partial charge in [-0.2, -0.15) is 0 Å². The first-order chi connectivity index (χ1) is 8.11. The number of unbranched alkanes of at least 4 members (excludes halogenated alkanes) is 1. The van der Waals surface area contributed by atoms with Gasteiger partial charge in [0.2, 0.25) is 0 Å². The van der Waals surface area contributed by atoms with Crippen molar-refractivity contribution in [3.63, 3.8) is 0 Å². The summed E-state index contributed by atoms with van der Waals surface area (Å²) >= 11 is 4.91. The molecule has 0 bridgehead atoms. The molecule has 0 radical (unpaired) electrons. The molecule has 17 heavy (non-hydrogen) atoms. The van der Waals surface area contributed by atoms with Gasteiger partial charge < -0.3 is 16.0 Å². The molecule has 0 aliphatic carbocycles. The van der Waals surface area contributed by atoms with Crippen molar-refractivity contribution in [2.45, 2.75) is 12.8 Å². The van der Waals surface area contributed by atoms with Crippen molar-refractivity contribution in [3.05, 3.63) is 18.1 Å². The fourth-order valence-electron chi connectivity index (χ4n) is 1.41. The maximum absolute atomic E-state index is 5.57. The molecule has 0 spiro atoms. The Labute approximate surface area is 107 Å². The highest BCUT2D eigenvalue weighted by molar-refractivity contribution is 7.80. The van der Waals surface area contributed by atoms with E-state index in [1.165, 1.54) is 0 Å². The SMILES string of the molecule is CN(C)CCCCNc1nccnc1C(N)=S. The van der Waals surface area contributed by atoms with Crippen LogP contribution in [-0.4, -0.2) is 47.0 Å². The number of rotatable bonds is 7. The molecule has 0 aromatic carbocycles. The summed E-state index contributed by atoms with van der Waals surface area (Å²) in [6, 6.07) is 0. The number of nitrogens with one attached hydrogen (secondary N) is 1. The Bertz CT molecular complexity index is 367. The average molecular weight is 253 g/mol. The van der Waals surface area contributed by atoms with Gasteiger partial charge in [0.05, 0.1) is 0 Å². The molecule has 94 valence electrons. The first kappa shape index (κ1) is 13.8. The normalized spacial score (nSPS) is 10.5. The Balaban J connectivity index is 2.39. The Morgan fingerprint density at radius 1 is 1.35 bits per heavy atom. The van der Waals surface area contributed by atoms with Gasteiger partial charge in [-0.1, -0.05) is 12.2 Å². The fourth-order valence-corrected chi connectivity index (χ4v) is 1.56. The van der Waals surface area contributed by atoms with E-state index in [1.54, 1.807) is 12.4 Å². The molecule has 1 aromatic heterocycles. The van der Waals surface area contributed by atoms with E-state index in [0.29, 0.717) is 11.5 Å². The Kier molecular flexibility index (Phi) is 5.79. The number of nitrogens with two attached hydrogens (primary N) is 1. The molecule has 0 fully saturated rings. The fraction of sp³-hybridized carbons (Fsp3) is 0.545. The molecule has 0 saturated carbocycles. The van der Waals surface area contributed by atoms with Crippen LogP contribution in [-0.2, 0) is 0 Å². The minimum absolute atomic E-state index is 0.272. The van der Waals surface area contributed by atoms with E-state index >= 15 is 0 Å². The quantitative estimate of drug-likeness (QED) is 0.555. The number of hydrogen-bond donors (Lipinski definition) is 2. The van der Waals surface area contributed by atoms with E-state index in [9.17, 15) is 0 Å². The van der Waals surface area contributed by atoms with Gasteiger partial charge in [0.1, 0.15) is 10.7 Å². The van der Waals surface area contributed by atoms with Crippen molar-refractivity contribution < 1.29 is 0 Å². The van der Waals surface area contributed by atoms with Crippen molar-refractivity contribution in [1.82, 2.24) is 14.9 Å². The average Bonchev–Trinajstić information content (AvgIpc) is 2.28. The second-order valence-corrected chi connectivity index (χ2v) is 4.49. The van der Waals surface area contributed by atoms with Crippen LogP contribution in [0.3, 0.4) is 0 Å². The van der Waals surface area contributed by atoms with Crippen LogP contribution in [0.25, 0.3) is 0 Å². The summed E-state index contributed by atoms with van der Waals surface area (Å²) in [6.07, 6.45) is 5.43. The Morgan fingerprint density at radius 3 is 2.71 bits per heavy atom. The van der Waals surface area contributed by atoms with Crippen LogP contribution in [0, 0.1) is 0 Å². The zero-order chi connectivity index (χ0) is 12.7. The van der Waals surface area contributed by atoms with Crippen molar-refractivity contribution in [2.75, 3.05) is 32.5 Å². The van der Waals surface area contributed by atoms with E-state index in [4.69, 9.17) is 18.0 Å². The lowest BCUT2D eigenvalue weighted by atomic mass is 10.3. The number of hydrogen-bond acceptors (Lipinski definition) is 5. The minimum atomic E-state index is 0.272. The lowest BCUT2D eigenvalue weighted by Crippen LogP contribution is -2.17. The van der Waals surface area contributed by atoms with Crippen LogP contribution in [0.5, 0.6) is 0 Å². The van der Waals surface area contributed by atoms with Gasteiger partial charge in [0.15, 0.2) is 5.82 Å². The van der Waals surface area contributed by atoms with Gasteiger partial charge in [0, 0.05) is 18.9 Å². The lowest BCUT2D eigenvalue weighted by molar-refractivity contribution is 0.396. The van der Waals surface area contributed by atoms with Gasteiger partial charge in [0.25, 0.3) is 0 Å². The standard InChI is InChI=1S/C11H19N5S/c1-16(2)8-4-3-5-14-11-9(10(12)17)13-6-7-15-11/h6-7H,3-5,8H2,1-2H3,(H2,12,17)(H,14,15). The first-order valence-corrected chi connectivity index (χ1v) is 6.01. The van der Waals surface area contributed by atoms with Crippen LogP contribution in [0.4, 0.5) is 5.82 Å². The van der Waals surface area contributed by atoms with E-state index in [0.717, 1.165) is 25.9 Å². The number of thiocarbonyl (C=S) groups is 1. The monoisotopic (exact) mass is 253 g/mol. The second kappa shape index (κ2) is 7.13. The topological polar surface area (TPSA) is 67.1 Å². The Morgan fingerprint density at radius 2 is 2.06 bits per heavy atom. The van der Waals surface area contributed by atoms with Gasteiger partial charge in [-0.15, -0.1) is 0 Å². The Hall–Kier alpha value is -1.27. The summed E-state index contributed by atoms with van der Waals surface area (Å²) in [5, 5.41) is 3.21. The highest BCUT2D eigenvalue weighted by Gasteiger charge is 2.06. The summed E-state index contributed by atoms with van der Waals surface area (Å²) in [6.45, 7) is 1.94. The van der Waals surface area contributed by atoms with Crippen LogP contribution in [0.2, 0.25) is 0 Å². The summed E-state index contributed by atoms with van der Waals surface area (Å²) in [7, 11) is 4.14. The van der Waals surface area contributed by atoms with E-state index in [2.05, 4.69) is 34.3 Å². The molecule has 0 aliphatic heterocycles. The van der Waals surface area contributed by atoms with Gasteiger partial charge in [-0.25, -0.2) is 9.97 Å². The zero-order valence-electron chi connectivity index (χ0n) is 10.3. The molecule has 1 heterocycles. The smallest absolute Gasteiger partial charge is 0.155 e. The highest BCUT2D eigenvalue weighted by atomic mass is 32.1. The molecule has 0 aliphatic rings. The summed E-state index contributed by atoms with van der Waals surface area (Å²) < 4.78 is 0. The maximum Gasteiger partial charge on any atom is 0.155 e. The summed E-state index contributed by atoms with van der Waals surface area (Å²) in [5.74, 6) is 0.671. The van der Waals surface area contributed by atoms with Crippen molar-refractivity contribution >= 4 is 23.0 Å². The summed E-state index contributed by atoms with van der Waals surface area (Å²) in [4.78, 5) is 10.7. The molecular formula is C11H19N5S. The lowest BCUT2D eigenvalue weighted by Gasteiger charge is -2.10. The molecule has 0 amide bonds. The maximum atomic E-state index is 5.57. The molecule has 0 unspecified atom stereocenters. The van der Waals surface area contributed by atoms with E-state index < -0.39 is 0 Å². The van der Waals surface area contributed by atoms with Gasteiger partial charge >= 0.3 is 0 Å². The largest absolute Gasteiger partial charge is 0.388 e. The third kappa shape index (κ3) is 5.06. The molecule has 0 atom stereocenters.